The number of hydrogen-bond donors (Lipinski definition) is 1. The molecule has 0 aliphatic heterocycles. The minimum atomic E-state index is 0.115. The summed E-state index contributed by atoms with van der Waals surface area (Å²) >= 11 is 1.84. The topological polar surface area (TPSA) is 24.9 Å². The van der Waals surface area contributed by atoms with Crippen molar-refractivity contribution in [3.8, 4) is 0 Å². The van der Waals surface area contributed by atoms with Crippen LogP contribution in [-0.2, 0) is 6.42 Å². The van der Waals surface area contributed by atoms with Crippen molar-refractivity contribution in [1.82, 2.24) is 4.98 Å². The summed E-state index contributed by atoms with van der Waals surface area (Å²) in [7, 11) is 0. The van der Waals surface area contributed by atoms with E-state index in [2.05, 4.69) is 33.0 Å². The van der Waals surface area contributed by atoms with Crippen LogP contribution in [0.1, 0.15) is 57.0 Å². The maximum Gasteiger partial charge on any atom is 0.183 e. The maximum atomic E-state index is 4.72. The average molecular weight is 224 g/mol. The molecule has 2 rings (SSSR count). The van der Waals surface area contributed by atoms with Gasteiger partial charge in [0.1, 0.15) is 0 Å². The zero-order valence-electron chi connectivity index (χ0n) is 10.1. The van der Waals surface area contributed by atoms with Gasteiger partial charge >= 0.3 is 0 Å². The fourth-order valence-corrected chi connectivity index (χ4v) is 3.34. The Morgan fingerprint density at radius 2 is 2.13 bits per heavy atom. The molecule has 3 heteroatoms. The number of aromatic nitrogens is 1. The van der Waals surface area contributed by atoms with Crippen LogP contribution in [-0.4, -0.2) is 10.5 Å². The second-order valence-electron chi connectivity index (χ2n) is 5.50. The Balaban J connectivity index is 2.22. The molecule has 15 heavy (non-hydrogen) atoms. The third-order valence-corrected chi connectivity index (χ3v) is 3.76. The number of nitrogens with zero attached hydrogens (tertiary/aromatic N) is 1. The lowest BCUT2D eigenvalue weighted by Crippen LogP contribution is -2.25. The molecule has 0 spiro atoms. The summed E-state index contributed by atoms with van der Waals surface area (Å²) in [5.41, 5.74) is 1.46. The molecule has 1 atom stereocenters. The van der Waals surface area contributed by atoms with Crippen molar-refractivity contribution >= 4 is 16.5 Å². The van der Waals surface area contributed by atoms with Gasteiger partial charge in [0.25, 0.3) is 0 Å². The smallest absolute Gasteiger partial charge is 0.183 e. The molecule has 0 radical (unpaired) electrons. The fraction of sp³-hybridized carbons (Fsp3) is 0.750. The third-order valence-electron chi connectivity index (χ3n) is 2.72. The summed E-state index contributed by atoms with van der Waals surface area (Å²) in [6.07, 6.45) is 3.85. The molecule has 1 aliphatic carbocycles. The molecule has 1 aromatic rings. The molecule has 0 saturated heterocycles. The van der Waals surface area contributed by atoms with Gasteiger partial charge in [-0.1, -0.05) is 6.92 Å². The summed E-state index contributed by atoms with van der Waals surface area (Å²) in [4.78, 5) is 6.23. The number of rotatable bonds is 1. The van der Waals surface area contributed by atoms with Crippen molar-refractivity contribution < 1.29 is 0 Å². The van der Waals surface area contributed by atoms with Crippen molar-refractivity contribution in [3.63, 3.8) is 0 Å². The predicted octanol–water partition coefficient (Wildman–Crippen LogP) is 3.79. The van der Waals surface area contributed by atoms with E-state index in [1.165, 1.54) is 29.8 Å². The Morgan fingerprint density at radius 3 is 2.73 bits per heavy atom. The maximum absolute atomic E-state index is 4.72. The monoisotopic (exact) mass is 224 g/mol. The summed E-state index contributed by atoms with van der Waals surface area (Å²) < 4.78 is 0. The van der Waals surface area contributed by atoms with Crippen LogP contribution in [0.3, 0.4) is 0 Å². The lowest BCUT2D eigenvalue weighted by Gasteiger charge is -2.19. The van der Waals surface area contributed by atoms with Crippen molar-refractivity contribution in [3.05, 3.63) is 10.6 Å². The Bertz CT molecular complexity index is 349. The Labute approximate surface area is 96.1 Å². The summed E-state index contributed by atoms with van der Waals surface area (Å²) in [5.74, 6) is 0.653. The fourth-order valence-electron chi connectivity index (χ4n) is 2.01. The molecular weight excluding hydrogens is 204 g/mol. The standard InChI is InChI=1S/C12H20N2S/c1-8-6-5-7-9-10(8)13-11(15-9)14-12(2,3)4/h8H,5-7H2,1-4H3,(H,13,14). The molecule has 0 fully saturated rings. The first-order chi connectivity index (χ1) is 6.96. The number of aryl methyl sites for hydroxylation is 1. The van der Waals surface area contributed by atoms with Gasteiger partial charge in [0.15, 0.2) is 5.13 Å². The normalized spacial score (nSPS) is 21.2. The molecule has 0 bridgehead atoms. The van der Waals surface area contributed by atoms with Gasteiger partial charge in [-0.3, -0.25) is 0 Å². The first-order valence-electron chi connectivity index (χ1n) is 5.73. The highest BCUT2D eigenvalue weighted by atomic mass is 32.1. The molecule has 1 aliphatic rings. The Kier molecular flexibility index (Phi) is 2.75. The zero-order chi connectivity index (χ0) is 11.1. The van der Waals surface area contributed by atoms with Crippen molar-refractivity contribution in [2.24, 2.45) is 0 Å². The number of fused-ring (bicyclic) bond motifs is 1. The van der Waals surface area contributed by atoms with Crippen LogP contribution in [0.5, 0.6) is 0 Å². The molecule has 0 amide bonds. The molecule has 2 nitrogen and oxygen atoms in total. The van der Waals surface area contributed by atoms with E-state index in [4.69, 9.17) is 4.98 Å². The Hall–Kier alpha value is -0.570. The number of thiazole rings is 1. The van der Waals surface area contributed by atoms with E-state index in [0.29, 0.717) is 5.92 Å². The van der Waals surface area contributed by atoms with E-state index in [9.17, 15) is 0 Å². The van der Waals surface area contributed by atoms with Gasteiger partial charge < -0.3 is 5.32 Å². The highest BCUT2D eigenvalue weighted by Crippen LogP contribution is 2.36. The van der Waals surface area contributed by atoms with Crippen LogP contribution in [0.4, 0.5) is 5.13 Å². The van der Waals surface area contributed by atoms with E-state index >= 15 is 0 Å². The Morgan fingerprint density at radius 1 is 1.40 bits per heavy atom. The number of nitrogens with one attached hydrogen (secondary N) is 1. The quantitative estimate of drug-likeness (QED) is 0.785. The highest BCUT2D eigenvalue weighted by molar-refractivity contribution is 7.15. The van der Waals surface area contributed by atoms with Crippen LogP contribution in [0, 0.1) is 0 Å². The molecule has 1 aromatic heterocycles. The largest absolute Gasteiger partial charge is 0.357 e. The highest BCUT2D eigenvalue weighted by Gasteiger charge is 2.22. The van der Waals surface area contributed by atoms with Gasteiger partial charge in [0.05, 0.1) is 5.69 Å². The predicted molar refractivity (Wildman–Crippen MR) is 66.8 cm³/mol. The molecule has 1 N–H and O–H groups in total. The van der Waals surface area contributed by atoms with E-state index < -0.39 is 0 Å². The van der Waals surface area contributed by atoms with E-state index in [0.717, 1.165) is 5.13 Å². The van der Waals surface area contributed by atoms with Crippen LogP contribution in [0.15, 0.2) is 0 Å². The summed E-state index contributed by atoms with van der Waals surface area (Å²) in [5, 5.41) is 4.56. The average Bonchev–Trinajstić information content (AvgIpc) is 2.45. The lowest BCUT2D eigenvalue weighted by molar-refractivity contribution is 0.582. The first kappa shape index (κ1) is 10.9. The van der Waals surface area contributed by atoms with Gasteiger partial charge in [-0.15, -0.1) is 11.3 Å². The molecule has 1 unspecified atom stereocenters. The molecule has 0 saturated carbocycles. The van der Waals surface area contributed by atoms with Gasteiger partial charge in [-0.25, -0.2) is 4.98 Å². The van der Waals surface area contributed by atoms with Crippen molar-refractivity contribution in [1.29, 1.82) is 0 Å². The molecule has 84 valence electrons. The summed E-state index contributed by atoms with van der Waals surface area (Å²) in [6, 6.07) is 0. The SMILES string of the molecule is CC1CCCc2sc(NC(C)(C)C)nc21. The van der Waals surface area contributed by atoms with Crippen molar-refractivity contribution in [2.45, 2.75) is 58.4 Å². The van der Waals surface area contributed by atoms with E-state index in [1.54, 1.807) is 0 Å². The lowest BCUT2D eigenvalue weighted by atomic mass is 9.93. The zero-order valence-corrected chi connectivity index (χ0v) is 10.9. The van der Waals surface area contributed by atoms with Crippen LogP contribution < -0.4 is 5.32 Å². The molecule has 0 aromatic carbocycles. The van der Waals surface area contributed by atoms with Gasteiger partial charge in [-0.2, -0.15) is 0 Å². The molecular formula is C12H20N2S. The minimum absolute atomic E-state index is 0.115. The van der Waals surface area contributed by atoms with Crippen molar-refractivity contribution in [2.75, 3.05) is 5.32 Å². The molecule has 1 heterocycles. The van der Waals surface area contributed by atoms with Gasteiger partial charge in [0.2, 0.25) is 0 Å². The summed E-state index contributed by atoms with van der Waals surface area (Å²) in [6.45, 7) is 8.82. The van der Waals surface area contributed by atoms with Crippen LogP contribution >= 0.6 is 11.3 Å². The second-order valence-corrected chi connectivity index (χ2v) is 6.58. The third kappa shape index (κ3) is 2.51. The van der Waals surface area contributed by atoms with Gasteiger partial charge in [0, 0.05) is 10.4 Å². The minimum Gasteiger partial charge on any atom is -0.357 e. The van der Waals surface area contributed by atoms with E-state index in [-0.39, 0.29) is 5.54 Å². The number of anilines is 1. The first-order valence-corrected chi connectivity index (χ1v) is 6.55. The van der Waals surface area contributed by atoms with Crippen LogP contribution in [0.25, 0.3) is 0 Å². The van der Waals surface area contributed by atoms with Gasteiger partial charge in [-0.05, 0) is 46.0 Å². The van der Waals surface area contributed by atoms with E-state index in [1.807, 2.05) is 11.3 Å². The second kappa shape index (κ2) is 3.78. The van der Waals surface area contributed by atoms with Crippen LogP contribution in [0.2, 0.25) is 0 Å². The number of hydrogen-bond acceptors (Lipinski definition) is 3.